The number of rotatable bonds is 2. The van der Waals surface area contributed by atoms with Crippen LogP contribution in [0, 0.1) is 0 Å². The first kappa shape index (κ1) is 10.5. The first-order chi connectivity index (χ1) is 6.77. The topological polar surface area (TPSA) is 38.9 Å². The van der Waals surface area contributed by atoms with Gasteiger partial charge < -0.3 is 5.73 Å². The molecule has 2 rings (SSSR count). The summed E-state index contributed by atoms with van der Waals surface area (Å²) < 4.78 is 0. The smallest absolute Gasteiger partial charge is 0.0960 e. The van der Waals surface area contributed by atoms with E-state index in [1.807, 2.05) is 6.92 Å². The highest BCUT2D eigenvalue weighted by Crippen LogP contribution is 2.33. The van der Waals surface area contributed by atoms with E-state index in [1.54, 1.807) is 11.3 Å². The molecule has 2 nitrogen and oxygen atoms in total. The van der Waals surface area contributed by atoms with E-state index < -0.39 is 0 Å². The fourth-order valence-electron chi connectivity index (χ4n) is 1.64. The average Bonchev–Trinajstić information content (AvgIpc) is 2.68. The monoisotopic (exact) mass is 228 g/mol. The van der Waals surface area contributed by atoms with Crippen LogP contribution < -0.4 is 5.73 Å². The van der Waals surface area contributed by atoms with Gasteiger partial charge >= 0.3 is 0 Å². The molecule has 1 fully saturated rings. The van der Waals surface area contributed by atoms with Gasteiger partial charge in [0.1, 0.15) is 0 Å². The standard InChI is InChI=1S/C10H16N2S2/c1-7(11)9-6-14-10(12-9)8-2-4-13-5-3-8/h6-8H,2-5,11H2,1H3. The quantitative estimate of drug-likeness (QED) is 0.846. The third-order valence-electron chi connectivity index (χ3n) is 2.58. The molecule has 0 aromatic carbocycles. The van der Waals surface area contributed by atoms with Crippen molar-refractivity contribution in [2.45, 2.75) is 31.7 Å². The number of thiazole rings is 1. The number of hydrogen-bond acceptors (Lipinski definition) is 4. The summed E-state index contributed by atoms with van der Waals surface area (Å²) in [5.41, 5.74) is 6.86. The molecule has 0 spiro atoms. The normalized spacial score (nSPS) is 21.0. The second-order valence-electron chi connectivity index (χ2n) is 3.79. The summed E-state index contributed by atoms with van der Waals surface area (Å²) in [7, 11) is 0. The van der Waals surface area contributed by atoms with Crippen molar-refractivity contribution in [1.82, 2.24) is 4.98 Å². The van der Waals surface area contributed by atoms with Gasteiger partial charge in [0.15, 0.2) is 0 Å². The fraction of sp³-hybridized carbons (Fsp3) is 0.700. The van der Waals surface area contributed by atoms with Crippen molar-refractivity contribution in [3.63, 3.8) is 0 Å². The minimum absolute atomic E-state index is 0.0814. The van der Waals surface area contributed by atoms with Crippen LogP contribution in [0.1, 0.15) is 42.4 Å². The van der Waals surface area contributed by atoms with E-state index in [4.69, 9.17) is 5.73 Å². The van der Waals surface area contributed by atoms with Gasteiger partial charge in [-0.2, -0.15) is 11.8 Å². The molecule has 1 unspecified atom stereocenters. The van der Waals surface area contributed by atoms with Gasteiger partial charge in [-0.1, -0.05) is 0 Å². The average molecular weight is 228 g/mol. The molecule has 0 amide bonds. The number of aromatic nitrogens is 1. The Hall–Kier alpha value is -0.0600. The van der Waals surface area contributed by atoms with E-state index in [0.29, 0.717) is 5.92 Å². The van der Waals surface area contributed by atoms with Gasteiger partial charge in [0.2, 0.25) is 0 Å². The fourth-order valence-corrected chi connectivity index (χ4v) is 3.84. The highest BCUT2D eigenvalue weighted by molar-refractivity contribution is 7.99. The van der Waals surface area contributed by atoms with Crippen molar-refractivity contribution in [1.29, 1.82) is 0 Å². The molecule has 1 aromatic rings. The molecule has 0 radical (unpaired) electrons. The van der Waals surface area contributed by atoms with E-state index >= 15 is 0 Å². The Morgan fingerprint density at radius 3 is 2.79 bits per heavy atom. The molecule has 14 heavy (non-hydrogen) atoms. The van der Waals surface area contributed by atoms with Gasteiger partial charge in [0.25, 0.3) is 0 Å². The van der Waals surface area contributed by atoms with E-state index in [2.05, 4.69) is 22.1 Å². The van der Waals surface area contributed by atoms with Gasteiger partial charge in [0, 0.05) is 17.3 Å². The molecule has 0 aliphatic carbocycles. The van der Waals surface area contributed by atoms with Crippen molar-refractivity contribution < 1.29 is 0 Å². The Labute approximate surface area is 93.3 Å². The van der Waals surface area contributed by atoms with Crippen molar-refractivity contribution in [3.05, 3.63) is 16.1 Å². The first-order valence-electron chi connectivity index (χ1n) is 5.06. The number of nitrogens with zero attached hydrogens (tertiary/aromatic N) is 1. The van der Waals surface area contributed by atoms with Gasteiger partial charge in [-0.3, -0.25) is 0 Å². The van der Waals surface area contributed by atoms with Gasteiger partial charge in [-0.05, 0) is 31.3 Å². The number of thioether (sulfide) groups is 1. The third-order valence-corrected chi connectivity index (χ3v) is 4.65. The lowest BCUT2D eigenvalue weighted by Gasteiger charge is -2.18. The van der Waals surface area contributed by atoms with Crippen LogP contribution >= 0.6 is 23.1 Å². The van der Waals surface area contributed by atoms with Gasteiger partial charge in [-0.15, -0.1) is 11.3 Å². The predicted molar refractivity (Wildman–Crippen MR) is 64.0 cm³/mol. The van der Waals surface area contributed by atoms with Crippen LogP contribution in [0.25, 0.3) is 0 Å². The molecule has 1 atom stereocenters. The Bertz CT molecular complexity index is 290. The molecule has 1 saturated heterocycles. The summed E-state index contributed by atoms with van der Waals surface area (Å²) in [5, 5.41) is 3.42. The maximum absolute atomic E-state index is 5.80. The molecule has 2 N–H and O–H groups in total. The lowest BCUT2D eigenvalue weighted by molar-refractivity contribution is 0.627. The van der Waals surface area contributed by atoms with E-state index in [0.717, 1.165) is 5.69 Å². The Kier molecular flexibility index (Phi) is 3.47. The van der Waals surface area contributed by atoms with Crippen molar-refractivity contribution in [3.8, 4) is 0 Å². The van der Waals surface area contributed by atoms with Crippen LogP contribution in [0.15, 0.2) is 5.38 Å². The van der Waals surface area contributed by atoms with Crippen LogP contribution in [0.2, 0.25) is 0 Å². The molecular formula is C10H16N2S2. The van der Waals surface area contributed by atoms with Crippen LogP contribution in [0.3, 0.4) is 0 Å². The largest absolute Gasteiger partial charge is 0.323 e. The summed E-state index contributed by atoms with van der Waals surface area (Å²) in [4.78, 5) is 4.62. The van der Waals surface area contributed by atoms with Crippen molar-refractivity contribution >= 4 is 23.1 Å². The Morgan fingerprint density at radius 1 is 1.50 bits per heavy atom. The van der Waals surface area contributed by atoms with Gasteiger partial charge in [-0.25, -0.2) is 4.98 Å². The predicted octanol–water partition coefficient (Wildman–Crippen LogP) is 2.77. The molecule has 0 bridgehead atoms. The molecule has 0 saturated carbocycles. The first-order valence-corrected chi connectivity index (χ1v) is 7.09. The summed E-state index contributed by atoms with van der Waals surface area (Å²) in [5.74, 6) is 3.28. The minimum Gasteiger partial charge on any atom is -0.323 e. The van der Waals surface area contributed by atoms with Crippen molar-refractivity contribution in [2.24, 2.45) is 5.73 Å². The lowest BCUT2D eigenvalue weighted by atomic mass is 10.0. The minimum atomic E-state index is 0.0814. The highest BCUT2D eigenvalue weighted by atomic mass is 32.2. The number of hydrogen-bond donors (Lipinski definition) is 1. The molecule has 1 aliphatic rings. The molecule has 2 heterocycles. The molecule has 1 aromatic heterocycles. The molecule has 4 heteroatoms. The maximum Gasteiger partial charge on any atom is 0.0960 e. The van der Waals surface area contributed by atoms with Crippen LogP contribution in [0.5, 0.6) is 0 Å². The summed E-state index contributed by atoms with van der Waals surface area (Å²) in [6.07, 6.45) is 2.58. The third kappa shape index (κ3) is 2.30. The molecule has 1 aliphatic heterocycles. The molecular weight excluding hydrogens is 212 g/mol. The summed E-state index contributed by atoms with van der Waals surface area (Å²) >= 11 is 3.84. The summed E-state index contributed by atoms with van der Waals surface area (Å²) in [6, 6.07) is 0.0814. The SMILES string of the molecule is CC(N)c1csc(C2CCSCC2)n1. The Morgan fingerprint density at radius 2 is 2.21 bits per heavy atom. The second kappa shape index (κ2) is 4.64. The molecule has 78 valence electrons. The lowest BCUT2D eigenvalue weighted by Crippen LogP contribution is -2.09. The number of nitrogens with two attached hydrogens (primary N) is 1. The van der Waals surface area contributed by atoms with E-state index in [9.17, 15) is 0 Å². The summed E-state index contributed by atoms with van der Waals surface area (Å²) in [6.45, 7) is 2.00. The van der Waals surface area contributed by atoms with Gasteiger partial charge in [0.05, 0.1) is 10.7 Å². The van der Waals surface area contributed by atoms with Crippen LogP contribution in [-0.4, -0.2) is 16.5 Å². The zero-order chi connectivity index (χ0) is 9.97. The Balaban J connectivity index is 2.07. The van der Waals surface area contributed by atoms with E-state index in [1.165, 1.54) is 29.4 Å². The highest BCUT2D eigenvalue weighted by Gasteiger charge is 2.19. The zero-order valence-electron chi connectivity index (χ0n) is 8.40. The zero-order valence-corrected chi connectivity index (χ0v) is 10.0. The maximum atomic E-state index is 5.80. The van der Waals surface area contributed by atoms with E-state index in [-0.39, 0.29) is 6.04 Å². The van der Waals surface area contributed by atoms with Crippen LogP contribution in [-0.2, 0) is 0 Å². The second-order valence-corrected chi connectivity index (χ2v) is 5.90. The van der Waals surface area contributed by atoms with Crippen molar-refractivity contribution in [2.75, 3.05) is 11.5 Å². The van der Waals surface area contributed by atoms with Crippen LogP contribution in [0.4, 0.5) is 0 Å².